The average Bonchev–Trinajstić information content (AvgIpc) is 3.35. The van der Waals surface area contributed by atoms with E-state index in [2.05, 4.69) is 4.98 Å². The molecular weight excluding hydrogens is 406 g/mol. The number of benzene rings is 2. The van der Waals surface area contributed by atoms with Crippen LogP contribution in [0.15, 0.2) is 79.1 Å². The molecule has 32 heavy (non-hydrogen) atoms. The number of carbonyl (C=O) groups excluding carboxylic acids is 2. The number of hydroxylamine groups is 1. The largest absolute Gasteiger partial charge is 0.494 e. The summed E-state index contributed by atoms with van der Waals surface area (Å²) in [6.45, 7) is 2.65. The maximum atomic E-state index is 13.6. The molecule has 2 saturated heterocycles. The fourth-order valence-electron chi connectivity index (χ4n) is 4.27. The first kappa shape index (κ1) is 20.2. The van der Waals surface area contributed by atoms with E-state index in [1.54, 1.807) is 41.7 Å². The van der Waals surface area contributed by atoms with Gasteiger partial charge in [-0.3, -0.25) is 19.4 Å². The molecule has 2 aliphatic heterocycles. The highest BCUT2D eigenvalue weighted by Gasteiger charge is 2.60. The van der Waals surface area contributed by atoms with Gasteiger partial charge in [0.05, 0.1) is 24.0 Å². The number of para-hydroxylation sites is 1. The van der Waals surface area contributed by atoms with Crippen molar-refractivity contribution in [1.29, 1.82) is 0 Å². The molecule has 0 spiro atoms. The van der Waals surface area contributed by atoms with Gasteiger partial charge in [0, 0.05) is 12.4 Å². The lowest BCUT2D eigenvalue weighted by molar-refractivity contribution is -0.126. The van der Waals surface area contributed by atoms with Crippen LogP contribution in [0, 0.1) is 5.92 Å². The zero-order chi connectivity index (χ0) is 22.1. The Balaban J connectivity index is 1.49. The Bertz CT molecular complexity index is 1110. The molecule has 0 saturated carbocycles. The molecule has 0 bridgehead atoms. The van der Waals surface area contributed by atoms with Gasteiger partial charge in [-0.05, 0) is 54.4 Å². The van der Waals surface area contributed by atoms with Crippen molar-refractivity contribution in [3.05, 3.63) is 84.7 Å². The average molecular weight is 429 g/mol. The summed E-state index contributed by atoms with van der Waals surface area (Å²) in [5, 5.41) is 1.67. The van der Waals surface area contributed by atoms with Gasteiger partial charge in [-0.15, -0.1) is 0 Å². The summed E-state index contributed by atoms with van der Waals surface area (Å²) in [5.74, 6) is -0.624. The van der Waals surface area contributed by atoms with Crippen molar-refractivity contribution in [1.82, 2.24) is 4.98 Å². The maximum absolute atomic E-state index is 13.6. The van der Waals surface area contributed by atoms with Gasteiger partial charge in [0.25, 0.3) is 5.91 Å². The number of imide groups is 1. The van der Waals surface area contributed by atoms with Crippen LogP contribution in [-0.4, -0.2) is 29.5 Å². The van der Waals surface area contributed by atoms with Crippen molar-refractivity contribution in [2.45, 2.75) is 25.5 Å². The maximum Gasteiger partial charge on any atom is 0.266 e. The monoisotopic (exact) mass is 429 g/mol. The topological polar surface area (TPSA) is 72.0 Å². The molecule has 0 N–H and O–H groups in total. The Kier molecular flexibility index (Phi) is 5.33. The van der Waals surface area contributed by atoms with Crippen molar-refractivity contribution in [3.8, 4) is 5.75 Å². The minimum Gasteiger partial charge on any atom is -0.494 e. The van der Waals surface area contributed by atoms with Crippen molar-refractivity contribution in [3.63, 3.8) is 0 Å². The van der Waals surface area contributed by atoms with Gasteiger partial charge in [0.15, 0.2) is 6.10 Å². The fourth-order valence-corrected chi connectivity index (χ4v) is 4.27. The van der Waals surface area contributed by atoms with Crippen molar-refractivity contribution in [2.75, 3.05) is 16.6 Å². The number of hydrogen-bond acceptors (Lipinski definition) is 6. The van der Waals surface area contributed by atoms with Gasteiger partial charge in [-0.1, -0.05) is 31.2 Å². The third-order valence-corrected chi connectivity index (χ3v) is 5.72. The predicted molar refractivity (Wildman–Crippen MR) is 119 cm³/mol. The van der Waals surface area contributed by atoms with Crippen LogP contribution in [0.4, 0.5) is 11.4 Å². The Morgan fingerprint density at radius 2 is 1.72 bits per heavy atom. The number of anilines is 2. The van der Waals surface area contributed by atoms with Crippen LogP contribution in [0.25, 0.3) is 0 Å². The summed E-state index contributed by atoms with van der Waals surface area (Å²) < 4.78 is 5.61. The summed E-state index contributed by atoms with van der Waals surface area (Å²) in [5.41, 5.74) is 2.11. The molecule has 162 valence electrons. The third kappa shape index (κ3) is 3.40. The second-order valence-corrected chi connectivity index (χ2v) is 7.80. The van der Waals surface area contributed by atoms with Crippen LogP contribution in [-0.2, 0) is 14.4 Å². The molecule has 2 aliphatic rings. The van der Waals surface area contributed by atoms with Gasteiger partial charge in [-0.2, -0.15) is 0 Å². The second kappa shape index (κ2) is 8.43. The zero-order valence-electron chi connectivity index (χ0n) is 17.6. The van der Waals surface area contributed by atoms with Crippen LogP contribution in [0.5, 0.6) is 5.75 Å². The number of pyridine rings is 1. The first-order valence-corrected chi connectivity index (χ1v) is 10.7. The lowest BCUT2D eigenvalue weighted by Crippen LogP contribution is -2.37. The van der Waals surface area contributed by atoms with Crippen LogP contribution in [0.3, 0.4) is 0 Å². The number of rotatable bonds is 6. The highest BCUT2D eigenvalue weighted by molar-refractivity contribution is 6.23. The van der Waals surface area contributed by atoms with Crippen molar-refractivity contribution < 1.29 is 19.2 Å². The molecule has 2 fully saturated rings. The minimum absolute atomic E-state index is 0.283. The van der Waals surface area contributed by atoms with Crippen LogP contribution in [0.1, 0.15) is 24.9 Å². The lowest BCUT2D eigenvalue weighted by atomic mass is 9.91. The van der Waals surface area contributed by atoms with E-state index in [4.69, 9.17) is 9.57 Å². The van der Waals surface area contributed by atoms with E-state index in [1.165, 1.54) is 4.90 Å². The van der Waals surface area contributed by atoms with E-state index >= 15 is 0 Å². The van der Waals surface area contributed by atoms with Crippen molar-refractivity contribution in [2.24, 2.45) is 5.92 Å². The van der Waals surface area contributed by atoms with Crippen LogP contribution >= 0.6 is 0 Å². The molecule has 3 atom stereocenters. The molecule has 1 aromatic heterocycles. The Morgan fingerprint density at radius 1 is 0.938 bits per heavy atom. The zero-order valence-corrected chi connectivity index (χ0v) is 17.6. The number of amides is 2. The van der Waals surface area contributed by atoms with Gasteiger partial charge >= 0.3 is 0 Å². The number of aromatic nitrogens is 1. The number of carbonyl (C=O) groups is 2. The fraction of sp³-hybridized carbons (Fsp3) is 0.240. The molecule has 2 aromatic carbocycles. The molecule has 0 radical (unpaired) electrons. The molecule has 0 unspecified atom stereocenters. The summed E-state index contributed by atoms with van der Waals surface area (Å²) in [6, 6.07) is 19.8. The molecule has 0 aliphatic carbocycles. The van der Waals surface area contributed by atoms with E-state index in [0.29, 0.717) is 18.0 Å². The standard InChI is InChI=1S/C25H23N3O4/c1-2-15-31-20-12-10-18(11-13-20)27-24(29)21-22(17-7-6-14-26-16-17)28(32-23(21)25(27)30)19-8-4-3-5-9-19/h3-14,16,21-23H,2,15H2,1H3/t21-,22+,23-/m1/s1. The molecular formula is C25H23N3O4. The van der Waals surface area contributed by atoms with Gasteiger partial charge in [-0.25, -0.2) is 9.96 Å². The SMILES string of the molecule is CCCOc1ccc(N2C(=O)[C@H]3[C@@H](ON(c4ccccc4)[C@H]3c3cccnc3)C2=O)cc1. The molecule has 5 rings (SSSR count). The van der Waals surface area contributed by atoms with Gasteiger partial charge in [0.1, 0.15) is 11.7 Å². The Labute approximate surface area is 186 Å². The predicted octanol–water partition coefficient (Wildman–Crippen LogP) is 3.92. The lowest BCUT2D eigenvalue weighted by Gasteiger charge is -2.28. The summed E-state index contributed by atoms with van der Waals surface area (Å²) in [4.78, 5) is 38.4. The summed E-state index contributed by atoms with van der Waals surface area (Å²) in [6.07, 6.45) is 3.40. The Hall–Kier alpha value is -3.71. The highest BCUT2D eigenvalue weighted by atomic mass is 16.7. The molecule has 7 heteroatoms. The summed E-state index contributed by atoms with van der Waals surface area (Å²) in [7, 11) is 0. The second-order valence-electron chi connectivity index (χ2n) is 7.80. The van der Waals surface area contributed by atoms with E-state index < -0.39 is 18.1 Å². The van der Waals surface area contributed by atoms with E-state index in [0.717, 1.165) is 17.7 Å². The number of ether oxygens (including phenoxy) is 1. The first-order valence-electron chi connectivity index (χ1n) is 10.7. The Morgan fingerprint density at radius 3 is 2.41 bits per heavy atom. The van der Waals surface area contributed by atoms with Crippen LogP contribution in [0.2, 0.25) is 0 Å². The number of nitrogens with zero attached hydrogens (tertiary/aromatic N) is 3. The quantitative estimate of drug-likeness (QED) is 0.553. The van der Waals surface area contributed by atoms with Gasteiger partial charge < -0.3 is 4.74 Å². The van der Waals surface area contributed by atoms with E-state index in [1.807, 2.05) is 49.4 Å². The number of hydrogen-bond donors (Lipinski definition) is 0. The van der Waals surface area contributed by atoms with Crippen molar-refractivity contribution >= 4 is 23.2 Å². The summed E-state index contributed by atoms with van der Waals surface area (Å²) >= 11 is 0. The smallest absolute Gasteiger partial charge is 0.266 e. The molecule has 2 amide bonds. The highest BCUT2D eigenvalue weighted by Crippen LogP contribution is 2.47. The van der Waals surface area contributed by atoms with E-state index in [-0.39, 0.29) is 11.8 Å². The molecule has 3 aromatic rings. The minimum atomic E-state index is -0.899. The first-order chi connectivity index (χ1) is 15.7. The molecule has 7 nitrogen and oxygen atoms in total. The number of fused-ring (bicyclic) bond motifs is 1. The van der Waals surface area contributed by atoms with E-state index in [9.17, 15) is 9.59 Å². The molecule has 3 heterocycles. The third-order valence-electron chi connectivity index (χ3n) is 5.72. The van der Waals surface area contributed by atoms with Crippen LogP contribution < -0.4 is 14.7 Å². The van der Waals surface area contributed by atoms with Gasteiger partial charge in [0.2, 0.25) is 5.91 Å². The normalized spacial score (nSPS) is 22.3.